The lowest BCUT2D eigenvalue weighted by atomic mass is 9.92. The van der Waals surface area contributed by atoms with Gasteiger partial charge in [0.25, 0.3) is 0 Å². The molecule has 0 saturated carbocycles. The van der Waals surface area contributed by atoms with E-state index in [4.69, 9.17) is 9.47 Å². The molecule has 1 aliphatic rings. The van der Waals surface area contributed by atoms with Gasteiger partial charge in [-0.2, -0.15) is 0 Å². The third-order valence-corrected chi connectivity index (χ3v) is 7.25. The third-order valence-electron chi connectivity index (χ3n) is 7.25. The number of benzene rings is 3. The molecule has 0 radical (unpaired) electrons. The second-order valence-electron chi connectivity index (χ2n) is 10.2. The average Bonchev–Trinajstić information content (AvgIpc) is 3.00. The number of halogens is 1. The van der Waals surface area contributed by atoms with Gasteiger partial charge < -0.3 is 24.4 Å². The molecule has 0 spiro atoms. The first-order chi connectivity index (χ1) is 19.8. The molecular formula is C35H47FN2O3. The van der Waals surface area contributed by atoms with Crippen LogP contribution in [-0.2, 0) is 19.4 Å². The summed E-state index contributed by atoms with van der Waals surface area (Å²) in [4.78, 5) is 4.47. The van der Waals surface area contributed by atoms with Gasteiger partial charge in [-0.25, -0.2) is 4.39 Å². The van der Waals surface area contributed by atoms with Gasteiger partial charge in [-0.3, -0.25) is 0 Å². The molecule has 222 valence electrons. The van der Waals surface area contributed by atoms with Crippen LogP contribution < -0.4 is 14.4 Å². The highest BCUT2D eigenvalue weighted by Gasteiger charge is 2.14. The number of hydrogen-bond acceptors (Lipinski definition) is 5. The number of hydrogen-bond donors (Lipinski definition) is 1. The summed E-state index contributed by atoms with van der Waals surface area (Å²) < 4.78 is 25.5. The molecule has 1 aliphatic carbocycles. The van der Waals surface area contributed by atoms with Crippen LogP contribution in [0.2, 0.25) is 0 Å². The van der Waals surface area contributed by atoms with Gasteiger partial charge in [-0.1, -0.05) is 32.0 Å². The third kappa shape index (κ3) is 10.7. The molecule has 0 saturated heterocycles. The topological polar surface area (TPSA) is 45.2 Å². The Morgan fingerprint density at radius 3 is 2.27 bits per heavy atom. The van der Waals surface area contributed by atoms with Crippen molar-refractivity contribution in [1.82, 2.24) is 4.90 Å². The Morgan fingerprint density at radius 2 is 1.63 bits per heavy atom. The van der Waals surface area contributed by atoms with Crippen molar-refractivity contribution >= 4 is 5.69 Å². The van der Waals surface area contributed by atoms with Crippen LogP contribution in [0.15, 0.2) is 60.7 Å². The Labute approximate surface area is 246 Å². The Morgan fingerprint density at radius 1 is 0.927 bits per heavy atom. The molecule has 0 atom stereocenters. The van der Waals surface area contributed by atoms with Crippen molar-refractivity contribution in [1.29, 1.82) is 0 Å². The highest BCUT2D eigenvalue weighted by Crippen LogP contribution is 2.27. The number of phenolic OH excluding ortho intramolecular Hbond substituents is 1. The molecule has 4 rings (SSSR count). The number of nitrogens with zero attached hydrogens (tertiary/aromatic N) is 2. The van der Waals surface area contributed by atoms with E-state index < -0.39 is 0 Å². The summed E-state index contributed by atoms with van der Waals surface area (Å²) in [6, 6.07) is 19.2. The molecule has 41 heavy (non-hydrogen) atoms. The maximum absolute atomic E-state index is 14.5. The standard InChI is InChI=1S/C23H33FN2O2.C10H12O.C2H2/c1-6-25(7-2)13-14-28-23-12-11-19(15-22(23)24)17-26(18(3)4)20-9-8-10-21(16-20)27-5;11-10-6-5-8-3-1-2-4-9(8)7-10;1-2/h8-12,15-16,18H,6-7,13-14,17H2,1-5H3;5-7,11H,1-4H2;1-2H. The number of terminal acetylenes is 1. The van der Waals surface area contributed by atoms with Crippen molar-refractivity contribution in [2.75, 3.05) is 38.3 Å². The fourth-order valence-electron chi connectivity index (χ4n) is 4.86. The lowest BCUT2D eigenvalue weighted by molar-refractivity contribution is 0.217. The number of aryl methyl sites for hydroxylation is 2. The van der Waals surface area contributed by atoms with E-state index >= 15 is 0 Å². The normalized spacial score (nSPS) is 12.0. The summed E-state index contributed by atoms with van der Waals surface area (Å²) in [5.74, 6) is 1.22. The maximum atomic E-state index is 14.5. The van der Waals surface area contributed by atoms with Crippen LogP contribution in [0.25, 0.3) is 0 Å². The van der Waals surface area contributed by atoms with Crippen LogP contribution in [0.3, 0.4) is 0 Å². The predicted octanol–water partition coefficient (Wildman–Crippen LogP) is 7.49. The molecular weight excluding hydrogens is 515 g/mol. The van der Waals surface area contributed by atoms with Crippen molar-refractivity contribution in [3.63, 3.8) is 0 Å². The lowest BCUT2D eigenvalue weighted by Crippen LogP contribution is -2.30. The SMILES string of the molecule is C#C.CCN(CC)CCOc1ccc(CN(c2cccc(OC)c2)C(C)C)cc1F.Oc1ccc2c(c1)CCCC2. The number of fused-ring (bicyclic) bond motifs is 1. The molecule has 5 nitrogen and oxygen atoms in total. The monoisotopic (exact) mass is 562 g/mol. The summed E-state index contributed by atoms with van der Waals surface area (Å²) in [6.07, 6.45) is 12.9. The lowest BCUT2D eigenvalue weighted by Gasteiger charge is -2.29. The Balaban J connectivity index is 0.000000372. The molecule has 3 aromatic rings. The largest absolute Gasteiger partial charge is 0.508 e. The molecule has 0 amide bonds. The number of rotatable bonds is 11. The quantitative estimate of drug-likeness (QED) is 0.245. The van der Waals surface area contributed by atoms with E-state index in [-0.39, 0.29) is 11.9 Å². The molecule has 0 bridgehead atoms. The highest BCUT2D eigenvalue weighted by atomic mass is 19.1. The minimum atomic E-state index is -0.314. The van der Waals surface area contributed by atoms with Crippen LogP contribution in [0, 0.1) is 18.7 Å². The Kier molecular flexibility index (Phi) is 14.6. The maximum Gasteiger partial charge on any atom is 0.165 e. The van der Waals surface area contributed by atoms with Gasteiger partial charge in [-0.05, 0) is 106 Å². The molecule has 0 aliphatic heterocycles. The molecule has 0 fully saturated rings. The zero-order valence-corrected chi connectivity index (χ0v) is 25.4. The van der Waals surface area contributed by atoms with E-state index in [1.54, 1.807) is 25.3 Å². The van der Waals surface area contributed by atoms with Gasteiger partial charge >= 0.3 is 0 Å². The van der Waals surface area contributed by atoms with E-state index in [0.29, 0.717) is 24.7 Å². The highest BCUT2D eigenvalue weighted by molar-refractivity contribution is 5.52. The zero-order valence-electron chi connectivity index (χ0n) is 25.4. The summed E-state index contributed by atoms with van der Waals surface area (Å²) in [7, 11) is 1.66. The van der Waals surface area contributed by atoms with E-state index in [9.17, 15) is 9.50 Å². The molecule has 3 aromatic carbocycles. The first kappa shape index (κ1) is 33.5. The van der Waals surface area contributed by atoms with Gasteiger partial charge in [-0.15, -0.1) is 12.8 Å². The number of phenols is 1. The summed E-state index contributed by atoms with van der Waals surface area (Å²) in [5, 5.41) is 9.19. The van der Waals surface area contributed by atoms with Crippen molar-refractivity contribution in [2.24, 2.45) is 0 Å². The van der Waals surface area contributed by atoms with Gasteiger partial charge in [0.1, 0.15) is 18.1 Å². The first-order valence-electron chi connectivity index (χ1n) is 14.5. The average molecular weight is 563 g/mol. The van der Waals surface area contributed by atoms with Crippen LogP contribution in [0.5, 0.6) is 17.2 Å². The van der Waals surface area contributed by atoms with Crippen LogP contribution in [-0.4, -0.2) is 49.4 Å². The fourth-order valence-corrected chi connectivity index (χ4v) is 4.86. The summed E-state index contributed by atoms with van der Waals surface area (Å²) >= 11 is 0. The number of likely N-dealkylation sites (N-methyl/N-ethyl adjacent to an activating group) is 1. The van der Waals surface area contributed by atoms with Crippen molar-refractivity contribution in [3.05, 3.63) is 83.2 Å². The van der Waals surface area contributed by atoms with Crippen LogP contribution in [0.4, 0.5) is 10.1 Å². The molecule has 0 aromatic heterocycles. The summed E-state index contributed by atoms with van der Waals surface area (Å²) in [6.45, 7) is 12.3. The molecule has 1 N–H and O–H groups in total. The second kappa shape index (κ2) is 17.9. The van der Waals surface area contributed by atoms with Gasteiger partial charge in [0.2, 0.25) is 0 Å². The first-order valence-corrected chi connectivity index (χ1v) is 14.5. The van der Waals surface area contributed by atoms with Crippen LogP contribution >= 0.6 is 0 Å². The van der Waals surface area contributed by atoms with E-state index in [2.05, 4.69) is 50.3 Å². The van der Waals surface area contributed by atoms with Gasteiger partial charge in [0.15, 0.2) is 11.6 Å². The second-order valence-corrected chi connectivity index (χ2v) is 10.2. The van der Waals surface area contributed by atoms with Gasteiger partial charge in [0, 0.05) is 30.9 Å². The number of anilines is 1. The number of aromatic hydroxyl groups is 1. The van der Waals surface area contributed by atoms with Crippen molar-refractivity contribution in [2.45, 2.75) is 66.0 Å². The zero-order chi connectivity index (χ0) is 30.2. The molecule has 0 heterocycles. The smallest absolute Gasteiger partial charge is 0.165 e. The minimum Gasteiger partial charge on any atom is -0.508 e. The van der Waals surface area contributed by atoms with Crippen molar-refractivity contribution in [3.8, 4) is 30.1 Å². The van der Waals surface area contributed by atoms with E-state index in [1.165, 1.54) is 30.4 Å². The molecule has 6 heteroatoms. The van der Waals surface area contributed by atoms with Gasteiger partial charge in [0.05, 0.1) is 7.11 Å². The Hall–Kier alpha value is -3.69. The summed E-state index contributed by atoms with van der Waals surface area (Å²) in [5.41, 5.74) is 4.73. The fraction of sp³-hybridized carbons (Fsp3) is 0.429. The van der Waals surface area contributed by atoms with Crippen LogP contribution in [0.1, 0.15) is 57.2 Å². The Bertz CT molecular complexity index is 1210. The predicted molar refractivity (Wildman–Crippen MR) is 169 cm³/mol. The van der Waals surface area contributed by atoms with Crippen molar-refractivity contribution < 1.29 is 19.0 Å². The molecule has 0 unspecified atom stereocenters. The van der Waals surface area contributed by atoms with E-state index in [0.717, 1.165) is 43.1 Å². The minimum absolute atomic E-state index is 0.264. The number of methoxy groups -OCH3 is 1. The van der Waals surface area contributed by atoms with E-state index in [1.807, 2.05) is 42.5 Å². The number of ether oxygens (including phenoxy) is 2.